The number of hydrogen-bond donors (Lipinski definition) is 2. The van der Waals surface area contributed by atoms with E-state index in [0.29, 0.717) is 13.1 Å². The number of anilines is 1. The van der Waals surface area contributed by atoms with Gasteiger partial charge in [-0.15, -0.1) is 0 Å². The van der Waals surface area contributed by atoms with Crippen LogP contribution in [0.2, 0.25) is 5.02 Å². The van der Waals surface area contributed by atoms with Crippen molar-refractivity contribution in [1.29, 1.82) is 0 Å². The van der Waals surface area contributed by atoms with Crippen molar-refractivity contribution in [2.45, 2.75) is 6.92 Å². The molecule has 0 unspecified atom stereocenters. The van der Waals surface area contributed by atoms with Gasteiger partial charge in [-0.1, -0.05) is 11.6 Å². The lowest BCUT2D eigenvalue weighted by Gasteiger charge is -2.07. The molecule has 0 aliphatic rings. The Hall–Kier alpha value is -1.29. The van der Waals surface area contributed by atoms with Crippen molar-refractivity contribution in [3.63, 3.8) is 0 Å². The van der Waals surface area contributed by atoms with Gasteiger partial charge >= 0.3 is 0 Å². The maximum absolute atomic E-state index is 12.8. The van der Waals surface area contributed by atoms with Gasteiger partial charge in [0.1, 0.15) is 5.82 Å². The molecule has 0 aromatic heterocycles. The van der Waals surface area contributed by atoms with Gasteiger partial charge in [0.15, 0.2) is 0 Å². The average molecular weight is 231 g/mol. The Morgan fingerprint density at radius 2 is 2.20 bits per heavy atom. The van der Waals surface area contributed by atoms with Gasteiger partial charge in [-0.05, 0) is 18.2 Å². The zero-order chi connectivity index (χ0) is 11.3. The molecule has 0 heterocycles. The van der Waals surface area contributed by atoms with E-state index in [1.54, 1.807) is 6.07 Å². The Labute approximate surface area is 92.6 Å². The quantitative estimate of drug-likeness (QED) is 0.778. The molecule has 2 N–H and O–H groups in total. The fraction of sp³-hybridized carbons (Fsp3) is 0.300. The normalized spacial score (nSPS) is 9.80. The van der Waals surface area contributed by atoms with Crippen LogP contribution >= 0.6 is 11.6 Å². The summed E-state index contributed by atoms with van der Waals surface area (Å²) in [4.78, 5) is 10.5. The third-order valence-electron chi connectivity index (χ3n) is 1.75. The van der Waals surface area contributed by atoms with E-state index in [4.69, 9.17) is 11.6 Å². The van der Waals surface area contributed by atoms with Gasteiger partial charge < -0.3 is 10.6 Å². The van der Waals surface area contributed by atoms with Crippen LogP contribution in [0.15, 0.2) is 18.2 Å². The van der Waals surface area contributed by atoms with Crippen LogP contribution in [0.3, 0.4) is 0 Å². The van der Waals surface area contributed by atoms with Gasteiger partial charge in [-0.2, -0.15) is 0 Å². The van der Waals surface area contributed by atoms with E-state index in [0.717, 1.165) is 5.69 Å². The molecule has 0 radical (unpaired) electrons. The summed E-state index contributed by atoms with van der Waals surface area (Å²) in [6.07, 6.45) is 0. The summed E-state index contributed by atoms with van der Waals surface area (Å²) in [5, 5.41) is 5.72. The minimum Gasteiger partial charge on any atom is -0.383 e. The van der Waals surface area contributed by atoms with E-state index in [-0.39, 0.29) is 10.9 Å². The molecule has 0 aliphatic carbocycles. The number of amides is 1. The molecule has 0 atom stereocenters. The van der Waals surface area contributed by atoms with Crippen molar-refractivity contribution in [3.8, 4) is 0 Å². The highest BCUT2D eigenvalue weighted by atomic mass is 35.5. The first kappa shape index (κ1) is 11.8. The Bertz CT molecular complexity index is 357. The second kappa shape index (κ2) is 5.56. The van der Waals surface area contributed by atoms with Crippen molar-refractivity contribution < 1.29 is 9.18 Å². The Morgan fingerprint density at radius 1 is 1.47 bits per heavy atom. The zero-order valence-corrected chi connectivity index (χ0v) is 9.07. The molecule has 0 spiro atoms. The molecule has 15 heavy (non-hydrogen) atoms. The van der Waals surface area contributed by atoms with Gasteiger partial charge in [0.05, 0.1) is 5.02 Å². The number of nitrogens with one attached hydrogen (secondary N) is 2. The lowest BCUT2D eigenvalue weighted by Crippen LogP contribution is -2.26. The molecule has 1 rings (SSSR count). The van der Waals surface area contributed by atoms with Gasteiger partial charge in [0.2, 0.25) is 5.91 Å². The smallest absolute Gasteiger partial charge is 0.216 e. The maximum atomic E-state index is 12.8. The van der Waals surface area contributed by atoms with Crippen LogP contribution in [-0.4, -0.2) is 19.0 Å². The van der Waals surface area contributed by atoms with Crippen LogP contribution in [0.25, 0.3) is 0 Å². The molecule has 5 heteroatoms. The van der Waals surface area contributed by atoms with Crippen LogP contribution in [0.5, 0.6) is 0 Å². The first-order valence-electron chi connectivity index (χ1n) is 4.53. The topological polar surface area (TPSA) is 41.1 Å². The van der Waals surface area contributed by atoms with Crippen LogP contribution < -0.4 is 10.6 Å². The summed E-state index contributed by atoms with van der Waals surface area (Å²) in [6.45, 7) is 2.54. The molecule has 0 fully saturated rings. The van der Waals surface area contributed by atoms with Crippen molar-refractivity contribution in [2.24, 2.45) is 0 Å². The highest BCUT2D eigenvalue weighted by Gasteiger charge is 1.99. The van der Waals surface area contributed by atoms with Gasteiger partial charge in [0, 0.05) is 25.7 Å². The molecule has 0 aliphatic heterocycles. The Balaban J connectivity index is 2.38. The molecule has 0 bridgehead atoms. The second-order valence-corrected chi connectivity index (χ2v) is 3.45. The number of benzene rings is 1. The largest absolute Gasteiger partial charge is 0.383 e. The van der Waals surface area contributed by atoms with Crippen LogP contribution in [0.1, 0.15) is 6.92 Å². The summed E-state index contributed by atoms with van der Waals surface area (Å²) in [5.74, 6) is -0.516. The molecule has 1 aromatic carbocycles. The van der Waals surface area contributed by atoms with Crippen molar-refractivity contribution in [3.05, 3.63) is 29.0 Å². The highest BCUT2D eigenvalue weighted by molar-refractivity contribution is 6.31. The predicted molar refractivity (Wildman–Crippen MR) is 58.6 cm³/mol. The average Bonchev–Trinajstić information content (AvgIpc) is 2.18. The van der Waals surface area contributed by atoms with Crippen LogP contribution in [0, 0.1) is 5.82 Å². The van der Waals surface area contributed by atoms with E-state index in [2.05, 4.69) is 10.6 Å². The molecule has 1 aromatic rings. The lowest BCUT2D eigenvalue weighted by molar-refractivity contribution is -0.118. The van der Waals surface area contributed by atoms with Crippen molar-refractivity contribution in [2.75, 3.05) is 18.4 Å². The summed E-state index contributed by atoms with van der Waals surface area (Å²) in [5.41, 5.74) is 0.728. The Morgan fingerprint density at radius 3 is 2.80 bits per heavy atom. The minimum atomic E-state index is -0.441. The summed E-state index contributed by atoms with van der Waals surface area (Å²) in [6, 6.07) is 4.39. The summed E-state index contributed by atoms with van der Waals surface area (Å²) >= 11 is 5.59. The molecule has 1 amide bonds. The van der Waals surface area contributed by atoms with Crippen LogP contribution in [0.4, 0.5) is 10.1 Å². The van der Waals surface area contributed by atoms with E-state index < -0.39 is 5.82 Å². The molecule has 82 valence electrons. The number of rotatable bonds is 4. The Kier molecular flexibility index (Phi) is 4.37. The maximum Gasteiger partial charge on any atom is 0.216 e. The molecule has 3 nitrogen and oxygen atoms in total. The SMILES string of the molecule is CC(=O)NCCNc1ccc(F)c(Cl)c1. The molecule has 0 saturated heterocycles. The van der Waals surface area contributed by atoms with Crippen molar-refractivity contribution >= 4 is 23.2 Å². The molecular formula is C10H12ClFN2O. The summed E-state index contributed by atoms with van der Waals surface area (Å²) < 4.78 is 12.8. The summed E-state index contributed by atoms with van der Waals surface area (Å²) in [7, 11) is 0. The highest BCUT2D eigenvalue weighted by Crippen LogP contribution is 2.18. The third-order valence-corrected chi connectivity index (χ3v) is 2.04. The monoisotopic (exact) mass is 230 g/mol. The van der Waals surface area contributed by atoms with Gasteiger partial charge in [-0.25, -0.2) is 4.39 Å². The second-order valence-electron chi connectivity index (χ2n) is 3.04. The van der Waals surface area contributed by atoms with E-state index >= 15 is 0 Å². The fourth-order valence-electron chi connectivity index (χ4n) is 1.05. The number of carbonyl (C=O) groups excluding carboxylic acids is 1. The predicted octanol–water partition coefficient (Wildman–Crippen LogP) is 2.03. The zero-order valence-electron chi connectivity index (χ0n) is 8.31. The number of carbonyl (C=O) groups is 1. The van der Waals surface area contributed by atoms with E-state index in [1.807, 2.05) is 0 Å². The van der Waals surface area contributed by atoms with Gasteiger partial charge in [-0.3, -0.25) is 4.79 Å². The first-order chi connectivity index (χ1) is 7.09. The standard InChI is InChI=1S/C10H12ClFN2O/c1-7(15)13-4-5-14-8-2-3-10(12)9(11)6-8/h2-3,6,14H,4-5H2,1H3,(H,13,15). The third kappa shape index (κ3) is 4.16. The van der Waals surface area contributed by atoms with Gasteiger partial charge in [0.25, 0.3) is 0 Å². The van der Waals surface area contributed by atoms with E-state index in [1.165, 1.54) is 19.1 Å². The minimum absolute atomic E-state index is 0.0751. The number of hydrogen-bond acceptors (Lipinski definition) is 2. The molecular weight excluding hydrogens is 219 g/mol. The molecule has 0 saturated carbocycles. The first-order valence-corrected chi connectivity index (χ1v) is 4.91. The van der Waals surface area contributed by atoms with Crippen molar-refractivity contribution in [1.82, 2.24) is 5.32 Å². The lowest BCUT2D eigenvalue weighted by atomic mass is 10.3. The van der Waals surface area contributed by atoms with Crippen LogP contribution in [-0.2, 0) is 4.79 Å². The fourth-order valence-corrected chi connectivity index (χ4v) is 1.23. The number of halogens is 2. The van der Waals surface area contributed by atoms with E-state index in [9.17, 15) is 9.18 Å².